The minimum Gasteiger partial charge on any atom is -0.255 e. The van der Waals surface area contributed by atoms with Gasteiger partial charge in [-0.3, -0.25) is 4.98 Å². The molecule has 0 aliphatic carbocycles. The molecule has 9 heteroatoms. The molecule has 2 atom stereocenters. The van der Waals surface area contributed by atoms with Crippen molar-refractivity contribution in [3.8, 4) is 0 Å². The average molecular weight is 361 g/mol. The minimum atomic E-state index is -3.91. The number of benzene rings is 1. The lowest BCUT2D eigenvalue weighted by atomic mass is 10.2. The third-order valence-corrected chi connectivity index (χ3v) is 7.37. The first-order chi connectivity index (χ1) is 10.3. The summed E-state index contributed by atoms with van der Waals surface area (Å²) in [7, 11) is -7.23. The van der Waals surface area contributed by atoms with Gasteiger partial charge in [0.05, 0.1) is 28.4 Å². The first kappa shape index (κ1) is 15.7. The van der Waals surface area contributed by atoms with Crippen molar-refractivity contribution in [1.29, 1.82) is 0 Å². The summed E-state index contributed by atoms with van der Waals surface area (Å²) in [6.45, 7) is 0. The second-order valence-electron chi connectivity index (χ2n) is 5.15. The zero-order valence-corrected chi connectivity index (χ0v) is 13.7. The molecule has 0 bridgehead atoms. The van der Waals surface area contributed by atoms with E-state index < -0.39 is 31.3 Å². The largest absolute Gasteiger partial charge is 0.255 e. The predicted octanol–water partition coefficient (Wildman–Crippen LogP) is 0.918. The lowest BCUT2D eigenvalue weighted by molar-refractivity contribution is 0.564. The summed E-state index contributed by atoms with van der Waals surface area (Å²) in [5, 5.41) is -0.0884. The number of hydrogen-bond donors (Lipinski definition) is 1. The Labute approximate surface area is 133 Å². The van der Waals surface area contributed by atoms with E-state index in [2.05, 4.69) is 9.71 Å². The van der Waals surface area contributed by atoms with Crippen molar-refractivity contribution >= 4 is 42.4 Å². The molecule has 6 nitrogen and oxygen atoms in total. The van der Waals surface area contributed by atoms with Gasteiger partial charge < -0.3 is 0 Å². The van der Waals surface area contributed by atoms with E-state index >= 15 is 0 Å². The first-order valence-electron chi connectivity index (χ1n) is 6.49. The van der Waals surface area contributed by atoms with Gasteiger partial charge in [-0.2, -0.15) is 0 Å². The van der Waals surface area contributed by atoms with E-state index in [0.29, 0.717) is 10.9 Å². The SMILES string of the molecule is O=S1(=O)C[C@@H](Cl)[C@@H](NS(=O)(=O)c2cccc3cccnc23)C1. The summed E-state index contributed by atoms with van der Waals surface area (Å²) < 4.78 is 50.6. The van der Waals surface area contributed by atoms with Crippen molar-refractivity contribution < 1.29 is 16.8 Å². The molecule has 1 saturated heterocycles. The molecule has 2 aromatic rings. The van der Waals surface area contributed by atoms with E-state index in [1.165, 1.54) is 12.3 Å². The lowest BCUT2D eigenvalue weighted by Gasteiger charge is -2.15. The third-order valence-electron chi connectivity index (χ3n) is 3.47. The minimum absolute atomic E-state index is 0.0127. The molecule has 0 radical (unpaired) electrons. The highest BCUT2D eigenvalue weighted by Gasteiger charge is 2.39. The Morgan fingerprint density at radius 2 is 1.91 bits per heavy atom. The number of fused-ring (bicyclic) bond motifs is 1. The molecular formula is C13H13ClN2O4S2. The van der Waals surface area contributed by atoms with Crippen molar-refractivity contribution in [2.24, 2.45) is 0 Å². The second kappa shape index (κ2) is 5.45. The van der Waals surface area contributed by atoms with E-state index in [9.17, 15) is 16.8 Å². The van der Waals surface area contributed by atoms with Gasteiger partial charge in [0.15, 0.2) is 9.84 Å². The smallest absolute Gasteiger partial charge is 0.243 e. The van der Waals surface area contributed by atoms with Gasteiger partial charge in [-0.25, -0.2) is 21.6 Å². The number of halogens is 1. The Morgan fingerprint density at radius 1 is 1.18 bits per heavy atom. The number of para-hydroxylation sites is 1. The fourth-order valence-electron chi connectivity index (χ4n) is 2.47. The summed E-state index contributed by atoms with van der Waals surface area (Å²) in [5.41, 5.74) is 0.337. The Morgan fingerprint density at radius 3 is 2.59 bits per heavy atom. The maximum Gasteiger partial charge on any atom is 0.243 e. The maximum absolute atomic E-state index is 12.6. The quantitative estimate of drug-likeness (QED) is 0.821. The third kappa shape index (κ3) is 2.96. The van der Waals surface area contributed by atoms with Crippen LogP contribution >= 0.6 is 11.6 Å². The van der Waals surface area contributed by atoms with Gasteiger partial charge in [0, 0.05) is 11.6 Å². The van der Waals surface area contributed by atoms with Crippen LogP contribution in [0.5, 0.6) is 0 Å². The molecule has 1 aliphatic rings. The molecule has 118 valence electrons. The van der Waals surface area contributed by atoms with Crippen LogP contribution in [0, 0.1) is 0 Å². The van der Waals surface area contributed by atoms with Crippen LogP contribution in [0.3, 0.4) is 0 Å². The zero-order valence-electron chi connectivity index (χ0n) is 11.3. The molecule has 0 amide bonds. The van der Waals surface area contributed by atoms with Crippen molar-refractivity contribution in [2.75, 3.05) is 11.5 Å². The van der Waals surface area contributed by atoms with E-state index in [-0.39, 0.29) is 16.4 Å². The summed E-state index contributed by atoms with van der Waals surface area (Å²) in [6.07, 6.45) is 1.51. The maximum atomic E-state index is 12.6. The van der Waals surface area contributed by atoms with Crippen LogP contribution in [0.1, 0.15) is 0 Å². The van der Waals surface area contributed by atoms with Gasteiger partial charge in [-0.05, 0) is 12.1 Å². The fraction of sp³-hybridized carbons (Fsp3) is 0.308. The monoisotopic (exact) mass is 360 g/mol. The Bertz CT molecular complexity index is 923. The molecule has 1 fully saturated rings. The summed E-state index contributed by atoms with van der Waals surface area (Å²) in [6, 6.07) is 7.43. The first-order valence-corrected chi connectivity index (χ1v) is 10.2. The number of rotatable bonds is 3. The van der Waals surface area contributed by atoms with Crippen LogP contribution in [-0.2, 0) is 19.9 Å². The van der Waals surface area contributed by atoms with E-state index in [4.69, 9.17) is 11.6 Å². The molecule has 1 aromatic heterocycles. The molecule has 3 rings (SSSR count). The summed E-state index contributed by atoms with van der Waals surface area (Å²) in [4.78, 5) is 4.11. The average Bonchev–Trinajstić information content (AvgIpc) is 2.70. The Hall–Kier alpha value is -1.22. The van der Waals surface area contributed by atoms with Crippen LogP contribution in [0.4, 0.5) is 0 Å². The number of hydrogen-bond acceptors (Lipinski definition) is 5. The standard InChI is InChI=1S/C13H13ClN2O4S2/c14-10-7-21(17,18)8-11(10)16-22(19,20)12-5-1-3-9-4-2-6-15-13(9)12/h1-6,10-11,16H,7-8H2/t10-,11+/m1/s1. The van der Waals surface area contributed by atoms with Crippen LogP contribution in [0.15, 0.2) is 41.4 Å². The summed E-state index contributed by atoms with van der Waals surface area (Å²) >= 11 is 5.95. The molecule has 1 aliphatic heterocycles. The van der Waals surface area contributed by atoms with Crippen molar-refractivity contribution in [3.05, 3.63) is 36.5 Å². The number of aromatic nitrogens is 1. The van der Waals surface area contributed by atoms with Gasteiger partial charge in [0.2, 0.25) is 10.0 Å². The molecule has 0 saturated carbocycles. The summed E-state index contributed by atoms with van der Waals surface area (Å²) in [5.74, 6) is -0.520. The van der Waals surface area contributed by atoms with Crippen molar-refractivity contribution in [2.45, 2.75) is 16.3 Å². The molecule has 22 heavy (non-hydrogen) atoms. The van der Waals surface area contributed by atoms with Gasteiger partial charge in [0.1, 0.15) is 4.90 Å². The van der Waals surface area contributed by atoms with Crippen LogP contribution in [-0.4, -0.2) is 44.7 Å². The molecule has 0 unspecified atom stereocenters. The number of nitrogens with one attached hydrogen (secondary N) is 1. The molecule has 0 spiro atoms. The van der Waals surface area contributed by atoms with E-state index in [1.807, 2.05) is 0 Å². The Balaban J connectivity index is 1.99. The molecule has 2 heterocycles. The number of alkyl halides is 1. The van der Waals surface area contributed by atoms with Gasteiger partial charge >= 0.3 is 0 Å². The number of sulfonamides is 1. The van der Waals surface area contributed by atoms with Crippen LogP contribution < -0.4 is 4.72 Å². The highest BCUT2D eigenvalue weighted by Crippen LogP contribution is 2.24. The van der Waals surface area contributed by atoms with Gasteiger partial charge in [-0.15, -0.1) is 11.6 Å². The van der Waals surface area contributed by atoms with E-state index in [1.54, 1.807) is 24.3 Å². The van der Waals surface area contributed by atoms with Gasteiger partial charge in [-0.1, -0.05) is 18.2 Å². The zero-order chi connectivity index (χ0) is 16.0. The lowest BCUT2D eigenvalue weighted by Crippen LogP contribution is -2.40. The van der Waals surface area contributed by atoms with E-state index in [0.717, 1.165) is 0 Å². The number of nitrogens with zero attached hydrogens (tertiary/aromatic N) is 1. The van der Waals surface area contributed by atoms with Crippen LogP contribution in [0.2, 0.25) is 0 Å². The molecular weight excluding hydrogens is 348 g/mol. The van der Waals surface area contributed by atoms with Gasteiger partial charge in [0.25, 0.3) is 0 Å². The highest BCUT2D eigenvalue weighted by molar-refractivity contribution is 7.92. The predicted molar refractivity (Wildman–Crippen MR) is 84.1 cm³/mol. The molecule has 1 N–H and O–H groups in total. The number of pyridine rings is 1. The van der Waals surface area contributed by atoms with Crippen molar-refractivity contribution in [3.63, 3.8) is 0 Å². The topological polar surface area (TPSA) is 93.2 Å². The second-order valence-corrected chi connectivity index (χ2v) is 9.55. The highest BCUT2D eigenvalue weighted by atomic mass is 35.5. The molecule has 1 aromatic carbocycles. The fourth-order valence-corrected chi connectivity index (χ4v) is 6.65. The van der Waals surface area contributed by atoms with Crippen molar-refractivity contribution in [1.82, 2.24) is 9.71 Å². The number of sulfone groups is 1. The van der Waals surface area contributed by atoms with Crippen LogP contribution in [0.25, 0.3) is 10.9 Å². The Kier molecular flexibility index (Phi) is 3.88. The normalized spacial score (nSPS) is 24.6.